The molecule has 272 valence electrons. The maximum atomic E-state index is 13.0. The number of para-hydroxylation sites is 1. The summed E-state index contributed by atoms with van der Waals surface area (Å²) in [5.74, 6) is 2.42. The summed E-state index contributed by atoms with van der Waals surface area (Å²) >= 11 is 0. The molecule has 1 spiro atoms. The van der Waals surface area contributed by atoms with Gasteiger partial charge in [0.25, 0.3) is 5.91 Å². The first kappa shape index (κ1) is 34.7. The number of phenols is 1. The van der Waals surface area contributed by atoms with Gasteiger partial charge in [0.15, 0.2) is 0 Å². The fourth-order valence-electron chi connectivity index (χ4n) is 8.70. The average Bonchev–Trinajstić information content (AvgIpc) is 3.84. The lowest BCUT2D eigenvalue weighted by molar-refractivity contribution is 0.0866. The van der Waals surface area contributed by atoms with Gasteiger partial charge in [-0.2, -0.15) is 0 Å². The van der Waals surface area contributed by atoms with Gasteiger partial charge in [-0.1, -0.05) is 66.7 Å². The molecule has 8 nitrogen and oxygen atoms in total. The van der Waals surface area contributed by atoms with Crippen LogP contribution in [-0.2, 0) is 11.2 Å². The van der Waals surface area contributed by atoms with Gasteiger partial charge >= 0.3 is 0 Å². The molecule has 2 saturated heterocycles. The van der Waals surface area contributed by atoms with E-state index in [0.717, 1.165) is 57.0 Å². The SMILES string of the molecule is O=C(NCCOCCOc1ccc([C@@H]2c3ccc(O)cc3CC[C@@H]2c2ccccc2)cc1)c1ccnc(N2CCC3(CCN(c4ccccc4)C3)C2)c1. The number of pyridine rings is 1. The maximum absolute atomic E-state index is 13.0. The largest absolute Gasteiger partial charge is 0.508 e. The number of hydrogen-bond acceptors (Lipinski definition) is 7. The summed E-state index contributed by atoms with van der Waals surface area (Å²) in [6, 6.07) is 39.3. The summed E-state index contributed by atoms with van der Waals surface area (Å²) in [6.45, 7) is 5.71. The van der Waals surface area contributed by atoms with Gasteiger partial charge in [-0.3, -0.25) is 4.79 Å². The van der Waals surface area contributed by atoms with Crippen LogP contribution in [0.15, 0.2) is 121 Å². The van der Waals surface area contributed by atoms with E-state index in [1.807, 2.05) is 24.3 Å². The highest BCUT2D eigenvalue weighted by molar-refractivity contribution is 5.94. The number of hydrogen-bond donors (Lipinski definition) is 2. The van der Waals surface area contributed by atoms with Gasteiger partial charge in [-0.25, -0.2) is 4.98 Å². The van der Waals surface area contributed by atoms with Crippen LogP contribution in [0.4, 0.5) is 11.5 Å². The molecule has 2 fully saturated rings. The molecule has 2 N–H and O–H groups in total. The summed E-state index contributed by atoms with van der Waals surface area (Å²) in [5, 5.41) is 13.1. The molecule has 1 aliphatic carbocycles. The Kier molecular flexibility index (Phi) is 10.3. The Morgan fingerprint density at radius 3 is 2.38 bits per heavy atom. The summed E-state index contributed by atoms with van der Waals surface area (Å²) in [4.78, 5) is 22.5. The Balaban J connectivity index is 0.780. The number of rotatable bonds is 12. The molecule has 1 unspecified atom stereocenters. The van der Waals surface area contributed by atoms with Crippen molar-refractivity contribution in [2.24, 2.45) is 5.41 Å². The number of phenolic OH excluding ortho intramolecular Hbond substituents is 1. The van der Waals surface area contributed by atoms with Gasteiger partial charge < -0.3 is 29.7 Å². The van der Waals surface area contributed by atoms with E-state index in [4.69, 9.17) is 9.47 Å². The molecule has 8 heteroatoms. The first-order chi connectivity index (χ1) is 26.0. The Bertz CT molecular complexity index is 1990. The molecule has 3 aliphatic rings. The number of ether oxygens (including phenoxy) is 2. The van der Waals surface area contributed by atoms with Crippen molar-refractivity contribution < 1.29 is 19.4 Å². The Morgan fingerprint density at radius 2 is 1.57 bits per heavy atom. The van der Waals surface area contributed by atoms with Gasteiger partial charge in [0.2, 0.25) is 0 Å². The van der Waals surface area contributed by atoms with Crippen LogP contribution in [0.3, 0.4) is 0 Å². The van der Waals surface area contributed by atoms with Gasteiger partial charge in [0.1, 0.15) is 23.9 Å². The predicted molar refractivity (Wildman–Crippen MR) is 209 cm³/mol. The number of amides is 1. The third kappa shape index (κ3) is 7.88. The zero-order valence-corrected chi connectivity index (χ0v) is 30.2. The molecular weight excluding hydrogens is 661 g/mol. The summed E-state index contributed by atoms with van der Waals surface area (Å²) < 4.78 is 11.8. The minimum atomic E-state index is -0.120. The van der Waals surface area contributed by atoms with Gasteiger partial charge in [-0.15, -0.1) is 0 Å². The molecule has 1 aromatic heterocycles. The second-order valence-corrected chi connectivity index (χ2v) is 14.8. The molecule has 8 rings (SSSR count). The topological polar surface area (TPSA) is 87.2 Å². The second-order valence-electron chi connectivity index (χ2n) is 14.8. The minimum absolute atomic E-state index is 0.120. The van der Waals surface area contributed by atoms with Crippen molar-refractivity contribution in [2.75, 3.05) is 62.3 Å². The number of aromatic nitrogens is 1. The smallest absolute Gasteiger partial charge is 0.251 e. The molecule has 0 radical (unpaired) electrons. The zero-order chi connectivity index (χ0) is 36.0. The maximum Gasteiger partial charge on any atom is 0.251 e. The molecule has 53 heavy (non-hydrogen) atoms. The van der Waals surface area contributed by atoms with Crippen molar-refractivity contribution in [1.82, 2.24) is 10.3 Å². The summed E-state index contributed by atoms with van der Waals surface area (Å²) in [6.07, 6.45) is 6.03. The van der Waals surface area contributed by atoms with Crippen LogP contribution in [0.2, 0.25) is 0 Å². The molecular formula is C45H48N4O4. The number of carbonyl (C=O) groups excluding carboxylic acids is 1. The third-order valence-corrected chi connectivity index (χ3v) is 11.4. The van der Waals surface area contributed by atoms with Crippen molar-refractivity contribution in [2.45, 2.75) is 37.5 Å². The van der Waals surface area contributed by atoms with E-state index in [2.05, 4.69) is 99.0 Å². The normalized spacial score (nSPS) is 20.8. The van der Waals surface area contributed by atoms with Gasteiger partial charge in [0.05, 0.1) is 13.2 Å². The lowest BCUT2D eigenvalue weighted by Gasteiger charge is -2.34. The van der Waals surface area contributed by atoms with Crippen molar-refractivity contribution in [3.8, 4) is 11.5 Å². The van der Waals surface area contributed by atoms with Gasteiger partial charge in [0, 0.05) is 61.5 Å². The molecule has 3 heterocycles. The Labute approximate surface area is 312 Å². The number of aromatic hydroxyl groups is 1. The Morgan fingerprint density at radius 1 is 0.811 bits per heavy atom. The van der Waals surface area contributed by atoms with Crippen LogP contribution in [0.1, 0.15) is 63.7 Å². The quantitative estimate of drug-likeness (QED) is 0.129. The Hall–Kier alpha value is -5.34. The number of fused-ring (bicyclic) bond motifs is 1. The zero-order valence-electron chi connectivity index (χ0n) is 30.2. The van der Waals surface area contributed by atoms with Crippen molar-refractivity contribution in [3.63, 3.8) is 0 Å². The summed E-state index contributed by atoms with van der Waals surface area (Å²) in [5.41, 5.74) is 7.25. The lowest BCUT2D eigenvalue weighted by Crippen LogP contribution is -2.31. The van der Waals surface area contributed by atoms with Crippen LogP contribution < -0.4 is 19.9 Å². The second kappa shape index (κ2) is 15.7. The highest BCUT2D eigenvalue weighted by Gasteiger charge is 2.44. The molecule has 2 aliphatic heterocycles. The van der Waals surface area contributed by atoms with Crippen LogP contribution in [0, 0.1) is 5.41 Å². The first-order valence-electron chi connectivity index (χ1n) is 19.0. The average molecular weight is 709 g/mol. The fraction of sp³-hybridized carbons (Fsp3) is 0.333. The third-order valence-electron chi connectivity index (χ3n) is 11.4. The number of anilines is 2. The monoisotopic (exact) mass is 708 g/mol. The molecule has 5 aromatic rings. The number of nitrogens with zero attached hydrogens (tertiary/aromatic N) is 3. The highest BCUT2D eigenvalue weighted by atomic mass is 16.5. The summed E-state index contributed by atoms with van der Waals surface area (Å²) in [7, 11) is 0. The molecule has 1 amide bonds. The van der Waals surface area contributed by atoms with Crippen LogP contribution in [0.5, 0.6) is 11.5 Å². The highest BCUT2D eigenvalue weighted by Crippen LogP contribution is 2.47. The van der Waals surface area contributed by atoms with E-state index < -0.39 is 0 Å². The fourth-order valence-corrected chi connectivity index (χ4v) is 8.70. The van der Waals surface area contributed by atoms with E-state index in [9.17, 15) is 9.90 Å². The molecule has 3 atom stereocenters. The lowest BCUT2D eigenvalue weighted by atomic mass is 9.69. The van der Waals surface area contributed by atoms with E-state index in [0.29, 0.717) is 43.6 Å². The minimum Gasteiger partial charge on any atom is -0.508 e. The predicted octanol–water partition coefficient (Wildman–Crippen LogP) is 7.58. The standard InChI is InChI=1S/C45H48N4O4/c50-38-14-18-41-35(29-38)13-17-40(33-7-3-1-4-8-33)43(41)34-11-15-39(16-12-34)53-28-27-52-26-23-47-44(51)36-19-22-46-42(30-36)49-25-21-45(32-49)20-24-48(31-45)37-9-5-2-6-10-37/h1-12,14-16,18-19,22,29-30,40,43,50H,13,17,20-21,23-28,31-32H2,(H,47,51)/t40-,43+,45?/m1/s1. The molecule has 4 aromatic carbocycles. The number of carbonyl (C=O) groups is 1. The van der Waals surface area contributed by atoms with Crippen molar-refractivity contribution in [3.05, 3.63) is 149 Å². The van der Waals surface area contributed by atoms with Crippen LogP contribution in [-0.4, -0.2) is 68.5 Å². The molecule has 0 saturated carbocycles. The number of aryl methyl sites for hydroxylation is 1. The number of nitrogens with one attached hydrogen (secondary N) is 1. The van der Waals surface area contributed by atoms with Gasteiger partial charge in [-0.05, 0) is 102 Å². The first-order valence-corrected chi connectivity index (χ1v) is 19.0. The van der Waals surface area contributed by atoms with Crippen molar-refractivity contribution in [1.29, 1.82) is 0 Å². The van der Waals surface area contributed by atoms with E-state index in [-0.39, 0.29) is 17.2 Å². The number of benzene rings is 4. The van der Waals surface area contributed by atoms with E-state index >= 15 is 0 Å². The van der Waals surface area contributed by atoms with Crippen molar-refractivity contribution >= 4 is 17.4 Å². The van der Waals surface area contributed by atoms with Crippen LogP contribution >= 0.6 is 0 Å². The molecule has 0 bridgehead atoms. The van der Waals surface area contributed by atoms with Crippen LogP contribution in [0.25, 0.3) is 0 Å². The van der Waals surface area contributed by atoms with E-state index in [1.165, 1.54) is 34.4 Å². The van der Waals surface area contributed by atoms with E-state index in [1.54, 1.807) is 18.3 Å².